The molecule has 3 heterocycles. The standard InChI is InChI=1S/C17H28N6O2/c1-14(11-22-5-7-25-8-6-22)10-18-15-9-16(20-13-19-15)23-4-3-21(2)17(24)12-23/h9,13-14H,3-8,10-12H2,1-2H3,(H,18,19,20). The summed E-state index contributed by atoms with van der Waals surface area (Å²) in [7, 11) is 1.84. The van der Waals surface area contributed by atoms with Gasteiger partial charge in [-0.25, -0.2) is 9.97 Å². The van der Waals surface area contributed by atoms with Crippen LogP contribution in [-0.2, 0) is 9.53 Å². The van der Waals surface area contributed by atoms with E-state index in [4.69, 9.17) is 4.74 Å². The van der Waals surface area contributed by atoms with Gasteiger partial charge in [-0.05, 0) is 5.92 Å². The summed E-state index contributed by atoms with van der Waals surface area (Å²) in [5.41, 5.74) is 0. The van der Waals surface area contributed by atoms with Crippen LogP contribution in [0.4, 0.5) is 11.6 Å². The van der Waals surface area contributed by atoms with Gasteiger partial charge in [0.25, 0.3) is 0 Å². The first-order valence-corrected chi connectivity index (χ1v) is 8.97. The van der Waals surface area contributed by atoms with Gasteiger partial charge in [0.05, 0.1) is 19.8 Å². The van der Waals surface area contributed by atoms with Gasteiger partial charge >= 0.3 is 0 Å². The number of amides is 1. The van der Waals surface area contributed by atoms with E-state index in [-0.39, 0.29) is 5.91 Å². The molecule has 1 atom stereocenters. The highest BCUT2D eigenvalue weighted by molar-refractivity contribution is 5.82. The Bertz CT molecular complexity index is 578. The van der Waals surface area contributed by atoms with Crippen LogP contribution in [0.2, 0.25) is 0 Å². The number of hydrogen-bond acceptors (Lipinski definition) is 7. The fourth-order valence-corrected chi connectivity index (χ4v) is 3.14. The smallest absolute Gasteiger partial charge is 0.241 e. The fraction of sp³-hybridized carbons (Fsp3) is 0.706. The average molecular weight is 348 g/mol. The third-order valence-electron chi connectivity index (χ3n) is 4.74. The molecule has 2 aliphatic heterocycles. The summed E-state index contributed by atoms with van der Waals surface area (Å²) >= 11 is 0. The Kier molecular flexibility index (Phi) is 6.04. The van der Waals surface area contributed by atoms with Crippen molar-refractivity contribution in [1.29, 1.82) is 0 Å². The maximum Gasteiger partial charge on any atom is 0.241 e. The minimum Gasteiger partial charge on any atom is -0.379 e. The summed E-state index contributed by atoms with van der Waals surface area (Å²) in [5, 5.41) is 3.40. The zero-order valence-corrected chi connectivity index (χ0v) is 15.1. The predicted molar refractivity (Wildman–Crippen MR) is 96.8 cm³/mol. The quantitative estimate of drug-likeness (QED) is 0.783. The van der Waals surface area contributed by atoms with E-state index in [1.165, 1.54) is 0 Å². The Morgan fingerprint density at radius 2 is 2.04 bits per heavy atom. The first-order chi connectivity index (χ1) is 12.1. The van der Waals surface area contributed by atoms with Gasteiger partial charge in [-0.15, -0.1) is 0 Å². The van der Waals surface area contributed by atoms with Crippen molar-refractivity contribution in [1.82, 2.24) is 19.8 Å². The summed E-state index contributed by atoms with van der Waals surface area (Å²) in [6, 6.07) is 1.93. The number of likely N-dealkylation sites (N-methyl/N-ethyl adjacent to an activating group) is 1. The molecule has 0 aromatic carbocycles. The lowest BCUT2D eigenvalue weighted by molar-refractivity contribution is -0.129. The van der Waals surface area contributed by atoms with E-state index >= 15 is 0 Å². The van der Waals surface area contributed by atoms with Gasteiger partial charge in [-0.1, -0.05) is 6.92 Å². The summed E-state index contributed by atoms with van der Waals surface area (Å²) in [4.78, 5) is 26.7. The van der Waals surface area contributed by atoms with E-state index in [0.717, 1.165) is 64.1 Å². The van der Waals surface area contributed by atoms with Crippen LogP contribution >= 0.6 is 0 Å². The van der Waals surface area contributed by atoms with Crippen molar-refractivity contribution < 1.29 is 9.53 Å². The van der Waals surface area contributed by atoms with Crippen molar-refractivity contribution in [3.05, 3.63) is 12.4 Å². The highest BCUT2D eigenvalue weighted by Gasteiger charge is 2.22. The number of hydrogen-bond donors (Lipinski definition) is 1. The molecule has 8 nitrogen and oxygen atoms in total. The minimum atomic E-state index is 0.124. The molecular weight excluding hydrogens is 320 g/mol. The molecule has 1 unspecified atom stereocenters. The Morgan fingerprint density at radius 3 is 2.80 bits per heavy atom. The SMILES string of the molecule is CC(CNc1cc(N2CCN(C)C(=O)C2)ncn1)CN1CCOCC1. The molecule has 2 fully saturated rings. The number of aromatic nitrogens is 2. The summed E-state index contributed by atoms with van der Waals surface area (Å²) in [6.45, 7) is 9.74. The molecule has 1 N–H and O–H groups in total. The van der Waals surface area contributed by atoms with Crippen LogP contribution in [0.3, 0.4) is 0 Å². The van der Waals surface area contributed by atoms with Crippen molar-refractivity contribution >= 4 is 17.5 Å². The van der Waals surface area contributed by atoms with Crippen molar-refractivity contribution in [2.24, 2.45) is 5.92 Å². The lowest BCUT2D eigenvalue weighted by Crippen LogP contribution is -2.48. The van der Waals surface area contributed by atoms with Crippen LogP contribution in [0.1, 0.15) is 6.92 Å². The Balaban J connectivity index is 1.50. The van der Waals surface area contributed by atoms with Gasteiger partial charge in [-0.3, -0.25) is 9.69 Å². The first kappa shape index (κ1) is 17.9. The van der Waals surface area contributed by atoms with Gasteiger partial charge in [0.2, 0.25) is 5.91 Å². The van der Waals surface area contributed by atoms with Crippen LogP contribution < -0.4 is 10.2 Å². The molecule has 0 bridgehead atoms. The number of ether oxygens (including phenoxy) is 1. The summed E-state index contributed by atoms with van der Waals surface area (Å²) in [5.74, 6) is 2.25. The van der Waals surface area contributed by atoms with Gasteiger partial charge in [0.1, 0.15) is 18.0 Å². The zero-order valence-electron chi connectivity index (χ0n) is 15.1. The molecule has 1 aromatic rings. The summed E-state index contributed by atoms with van der Waals surface area (Å²) < 4.78 is 5.39. The molecule has 1 amide bonds. The average Bonchev–Trinajstić information content (AvgIpc) is 2.63. The second-order valence-electron chi connectivity index (χ2n) is 6.90. The first-order valence-electron chi connectivity index (χ1n) is 8.97. The van der Waals surface area contributed by atoms with E-state index in [1.807, 2.05) is 18.0 Å². The normalized spacial score (nSPS) is 20.6. The predicted octanol–water partition coefficient (Wildman–Crippen LogP) is 0.135. The highest BCUT2D eigenvalue weighted by atomic mass is 16.5. The van der Waals surface area contributed by atoms with Crippen molar-refractivity contribution in [3.63, 3.8) is 0 Å². The van der Waals surface area contributed by atoms with Gasteiger partial charge in [-0.2, -0.15) is 0 Å². The fourth-order valence-electron chi connectivity index (χ4n) is 3.14. The molecule has 2 saturated heterocycles. The van der Waals surface area contributed by atoms with Gasteiger partial charge < -0.3 is 19.9 Å². The van der Waals surface area contributed by atoms with Crippen molar-refractivity contribution in [2.45, 2.75) is 6.92 Å². The lowest BCUT2D eigenvalue weighted by atomic mass is 10.1. The van der Waals surface area contributed by atoms with Gasteiger partial charge in [0.15, 0.2) is 0 Å². The van der Waals surface area contributed by atoms with Gasteiger partial charge in [0, 0.05) is 52.4 Å². The van der Waals surface area contributed by atoms with Crippen LogP contribution in [0, 0.1) is 5.92 Å². The second-order valence-corrected chi connectivity index (χ2v) is 6.90. The van der Waals surface area contributed by atoms with E-state index in [2.05, 4.69) is 27.1 Å². The minimum absolute atomic E-state index is 0.124. The molecule has 138 valence electrons. The molecule has 0 radical (unpaired) electrons. The van der Waals surface area contributed by atoms with Crippen LogP contribution in [0.15, 0.2) is 12.4 Å². The molecule has 8 heteroatoms. The second kappa shape index (κ2) is 8.44. The molecule has 0 spiro atoms. The van der Waals surface area contributed by atoms with E-state index < -0.39 is 0 Å². The number of morpholine rings is 1. The molecule has 0 aliphatic carbocycles. The maximum absolute atomic E-state index is 11.9. The van der Waals surface area contributed by atoms with Crippen LogP contribution in [0.25, 0.3) is 0 Å². The van der Waals surface area contributed by atoms with Crippen LogP contribution in [0.5, 0.6) is 0 Å². The molecule has 0 saturated carbocycles. The number of nitrogens with zero attached hydrogens (tertiary/aromatic N) is 5. The maximum atomic E-state index is 11.9. The third-order valence-corrected chi connectivity index (χ3v) is 4.74. The van der Waals surface area contributed by atoms with E-state index in [9.17, 15) is 4.79 Å². The number of anilines is 2. The summed E-state index contributed by atoms with van der Waals surface area (Å²) in [6.07, 6.45) is 1.56. The third kappa shape index (κ3) is 5.02. The van der Waals surface area contributed by atoms with E-state index in [0.29, 0.717) is 12.5 Å². The molecule has 2 aliphatic rings. The monoisotopic (exact) mass is 348 g/mol. The lowest BCUT2D eigenvalue weighted by Gasteiger charge is -2.32. The Labute approximate surface area is 149 Å². The molecule has 1 aromatic heterocycles. The number of nitrogens with one attached hydrogen (secondary N) is 1. The number of rotatable bonds is 6. The zero-order chi connectivity index (χ0) is 17.6. The topological polar surface area (TPSA) is 73.8 Å². The number of carbonyl (C=O) groups excluding carboxylic acids is 1. The highest BCUT2D eigenvalue weighted by Crippen LogP contribution is 2.16. The Morgan fingerprint density at radius 1 is 1.24 bits per heavy atom. The number of carbonyl (C=O) groups is 1. The van der Waals surface area contributed by atoms with Crippen molar-refractivity contribution in [3.8, 4) is 0 Å². The van der Waals surface area contributed by atoms with Crippen molar-refractivity contribution in [2.75, 3.05) is 76.3 Å². The van der Waals surface area contributed by atoms with Crippen LogP contribution in [-0.4, -0.2) is 91.7 Å². The van der Waals surface area contributed by atoms with E-state index in [1.54, 1.807) is 11.2 Å². The number of piperazine rings is 1. The Hall–Kier alpha value is -1.93. The molecular formula is C17H28N6O2. The molecule has 3 rings (SSSR count). The molecule has 25 heavy (non-hydrogen) atoms. The largest absolute Gasteiger partial charge is 0.379 e.